The molecule has 2 atom stereocenters. The Bertz CT molecular complexity index is 384. The summed E-state index contributed by atoms with van der Waals surface area (Å²) in [6.07, 6.45) is -1.17. The van der Waals surface area contributed by atoms with Gasteiger partial charge in [-0.25, -0.2) is 0 Å². The van der Waals surface area contributed by atoms with Crippen molar-refractivity contribution in [2.45, 2.75) is 13.0 Å². The molecule has 0 bridgehead atoms. The number of hydrogen-bond donors (Lipinski definition) is 2. The number of nitriles is 1. The second-order valence-corrected chi connectivity index (χ2v) is 3.59. The lowest BCUT2D eigenvalue weighted by Crippen LogP contribution is -2.32. The van der Waals surface area contributed by atoms with Gasteiger partial charge in [0.25, 0.3) is 5.91 Å². The van der Waals surface area contributed by atoms with Crippen molar-refractivity contribution in [3.63, 3.8) is 0 Å². The summed E-state index contributed by atoms with van der Waals surface area (Å²) in [4.78, 5) is 11.5. The van der Waals surface area contributed by atoms with E-state index in [2.05, 4.69) is 5.32 Å². The first-order valence-electron chi connectivity index (χ1n) is 5.05. The first-order chi connectivity index (χ1) is 7.65. The molecular weight excluding hydrogens is 204 g/mol. The molecule has 4 nitrogen and oxygen atoms in total. The van der Waals surface area contributed by atoms with Crippen LogP contribution in [0.4, 0.5) is 0 Å². The van der Waals surface area contributed by atoms with Gasteiger partial charge in [0.2, 0.25) is 0 Å². The van der Waals surface area contributed by atoms with Crippen LogP contribution in [0.25, 0.3) is 0 Å². The Morgan fingerprint density at radius 2 is 2.12 bits per heavy atom. The van der Waals surface area contributed by atoms with Crippen LogP contribution in [0, 0.1) is 17.2 Å². The van der Waals surface area contributed by atoms with E-state index in [9.17, 15) is 9.90 Å². The van der Waals surface area contributed by atoms with E-state index < -0.39 is 12.0 Å². The van der Waals surface area contributed by atoms with Crippen LogP contribution in [0.3, 0.4) is 0 Å². The summed E-state index contributed by atoms with van der Waals surface area (Å²) in [6.45, 7) is 1.95. The van der Waals surface area contributed by atoms with Crippen LogP contribution in [0.15, 0.2) is 30.3 Å². The lowest BCUT2D eigenvalue weighted by atomic mass is 10.1. The third kappa shape index (κ3) is 3.37. The molecule has 1 rings (SSSR count). The van der Waals surface area contributed by atoms with Gasteiger partial charge in [-0.15, -0.1) is 0 Å². The van der Waals surface area contributed by atoms with E-state index in [1.54, 1.807) is 31.2 Å². The van der Waals surface area contributed by atoms with Gasteiger partial charge in [-0.05, 0) is 12.5 Å². The molecule has 16 heavy (non-hydrogen) atoms. The summed E-state index contributed by atoms with van der Waals surface area (Å²) in [5, 5.41) is 20.7. The molecule has 0 aromatic heterocycles. The van der Waals surface area contributed by atoms with Crippen molar-refractivity contribution in [2.75, 3.05) is 6.54 Å². The molecule has 1 aromatic rings. The first-order valence-corrected chi connectivity index (χ1v) is 5.05. The Morgan fingerprint density at radius 1 is 1.50 bits per heavy atom. The number of nitrogens with zero attached hydrogens (tertiary/aromatic N) is 1. The minimum absolute atomic E-state index is 0.249. The van der Waals surface area contributed by atoms with Crippen LogP contribution in [-0.2, 0) is 4.79 Å². The number of benzene rings is 1. The van der Waals surface area contributed by atoms with E-state index in [1.165, 1.54) is 0 Å². The maximum absolute atomic E-state index is 11.5. The van der Waals surface area contributed by atoms with Crippen molar-refractivity contribution in [1.82, 2.24) is 5.32 Å². The summed E-state index contributed by atoms with van der Waals surface area (Å²) in [6, 6.07) is 10.7. The molecule has 0 saturated carbocycles. The summed E-state index contributed by atoms with van der Waals surface area (Å²) in [7, 11) is 0. The molecule has 0 aliphatic carbocycles. The van der Waals surface area contributed by atoms with E-state index in [-0.39, 0.29) is 12.5 Å². The number of hydrogen-bond acceptors (Lipinski definition) is 3. The highest BCUT2D eigenvalue weighted by Crippen LogP contribution is 2.11. The first kappa shape index (κ1) is 12.2. The number of carbonyl (C=O) groups excluding carboxylic acids is 1. The zero-order chi connectivity index (χ0) is 12.0. The fourth-order valence-electron chi connectivity index (χ4n) is 1.18. The van der Waals surface area contributed by atoms with Gasteiger partial charge in [0.1, 0.15) is 0 Å². The quantitative estimate of drug-likeness (QED) is 0.791. The largest absolute Gasteiger partial charge is 0.378 e. The van der Waals surface area contributed by atoms with Crippen molar-refractivity contribution in [2.24, 2.45) is 5.92 Å². The standard InChI is InChI=1S/C12H14N2O2/c1-9(7-13)8-14-12(16)11(15)10-5-3-2-4-6-10/h2-6,9,11,15H,8H2,1H3,(H,14,16). The molecule has 1 aromatic carbocycles. The van der Waals surface area contributed by atoms with E-state index in [0.29, 0.717) is 5.56 Å². The van der Waals surface area contributed by atoms with E-state index >= 15 is 0 Å². The molecule has 0 spiro atoms. The molecule has 0 aliphatic rings. The molecule has 2 N–H and O–H groups in total. The fraction of sp³-hybridized carbons (Fsp3) is 0.333. The summed E-state index contributed by atoms with van der Waals surface area (Å²) in [5.41, 5.74) is 0.546. The SMILES string of the molecule is CC(C#N)CNC(=O)C(O)c1ccccc1. The maximum atomic E-state index is 11.5. The minimum atomic E-state index is -1.17. The zero-order valence-electron chi connectivity index (χ0n) is 9.05. The molecule has 2 unspecified atom stereocenters. The van der Waals surface area contributed by atoms with E-state index in [0.717, 1.165) is 0 Å². The number of aliphatic hydroxyl groups is 1. The zero-order valence-corrected chi connectivity index (χ0v) is 9.05. The Hall–Kier alpha value is -1.86. The Morgan fingerprint density at radius 3 is 2.69 bits per heavy atom. The molecule has 0 fully saturated rings. The van der Waals surface area contributed by atoms with Crippen molar-refractivity contribution >= 4 is 5.91 Å². The summed E-state index contributed by atoms with van der Waals surface area (Å²) < 4.78 is 0. The number of carbonyl (C=O) groups is 1. The second kappa shape index (κ2) is 5.89. The average Bonchev–Trinajstić information content (AvgIpc) is 2.35. The van der Waals surface area contributed by atoms with Crippen LogP contribution in [0.2, 0.25) is 0 Å². The molecule has 0 saturated heterocycles. The molecule has 0 radical (unpaired) electrons. The predicted molar refractivity (Wildman–Crippen MR) is 59.2 cm³/mol. The smallest absolute Gasteiger partial charge is 0.253 e. The molecule has 1 amide bonds. The van der Waals surface area contributed by atoms with Gasteiger partial charge in [0.05, 0.1) is 12.0 Å². The van der Waals surface area contributed by atoms with Gasteiger partial charge in [0, 0.05) is 6.54 Å². The molecular formula is C12H14N2O2. The van der Waals surface area contributed by atoms with Crippen molar-refractivity contribution in [3.8, 4) is 6.07 Å². The third-order valence-corrected chi connectivity index (χ3v) is 2.17. The van der Waals surface area contributed by atoms with E-state index in [4.69, 9.17) is 5.26 Å². The normalized spacial score (nSPS) is 13.6. The number of rotatable bonds is 4. The number of aliphatic hydroxyl groups excluding tert-OH is 1. The third-order valence-electron chi connectivity index (χ3n) is 2.17. The van der Waals surface area contributed by atoms with Crippen molar-refractivity contribution in [3.05, 3.63) is 35.9 Å². The van der Waals surface area contributed by atoms with Gasteiger partial charge in [-0.3, -0.25) is 4.79 Å². The molecule has 0 aliphatic heterocycles. The van der Waals surface area contributed by atoms with Crippen LogP contribution in [0.5, 0.6) is 0 Å². The van der Waals surface area contributed by atoms with Crippen LogP contribution in [0.1, 0.15) is 18.6 Å². The molecule has 0 heterocycles. The highest BCUT2D eigenvalue weighted by Gasteiger charge is 2.16. The van der Waals surface area contributed by atoms with Gasteiger partial charge < -0.3 is 10.4 Å². The van der Waals surface area contributed by atoms with Gasteiger partial charge >= 0.3 is 0 Å². The fourth-order valence-corrected chi connectivity index (χ4v) is 1.18. The van der Waals surface area contributed by atoms with Crippen molar-refractivity contribution in [1.29, 1.82) is 5.26 Å². The van der Waals surface area contributed by atoms with Crippen molar-refractivity contribution < 1.29 is 9.90 Å². The molecule has 84 valence electrons. The van der Waals surface area contributed by atoms with Crippen LogP contribution < -0.4 is 5.32 Å². The van der Waals surface area contributed by atoms with Gasteiger partial charge in [0.15, 0.2) is 6.10 Å². The summed E-state index contributed by atoms with van der Waals surface area (Å²) in [5.74, 6) is -0.736. The summed E-state index contributed by atoms with van der Waals surface area (Å²) >= 11 is 0. The topological polar surface area (TPSA) is 73.1 Å². The monoisotopic (exact) mass is 218 g/mol. The predicted octanol–water partition coefficient (Wildman–Crippen LogP) is 0.996. The van der Waals surface area contributed by atoms with Gasteiger partial charge in [-0.1, -0.05) is 30.3 Å². The Kier molecular flexibility index (Phi) is 4.49. The van der Waals surface area contributed by atoms with E-state index in [1.807, 2.05) is 12.1 Å². The van der Waals surface area contributed by atoms with Crippen LogP contribution >= 0.6 is 0 Å². The lowest BCUT2D eigenvalue weighted by Gasteiger charge is -2.12. The van der Waals surface area contributed by atoms with Crippen LogP contribution in [-0.4, -0.2) is 17.6 Å². The molecule has 4 heteroatoms. The van der Waals surface area contributed by atoms with Gasteiger partial charge in [-0.2, -0.15) is 5.26 Å². The number of nitrogens with one attached hydrogen (secondary N) is 1. The second-order valence-electron chi connectivity index (χ2n) is 3.59. The maximum Gasteiger partial charge on any atom is 0.253 e. The minimum Gasteiger partial charge on any atom is -0.378 e. The average molecular weight is 218 g/mol. The Balaban J connectivity index is 2.53. The Labute approximate surface area is 94.5 Å². The highest BCUT2D eigenvalue weighted by atomic mass is 16.3. The highest BCUT2D eigenvalue weighted by molar-refractivity contribution is 5.81. The lowest BCUT2D eigenvalue weighted by molar-refractivity contribution is -0.129. The number of amides is 1.